The fraction of sp³-hybridized carbons (Fsp3) is 0.514. The molecule has 2 saturated carbocycles. The van der Waals surface area contributed by atoms with Gasteiger partial charge in [-0.1, -0.05) is 99.6 Å². The highest BCUT2D eigenvalue weighted by Gasteiger charge is 2.61. The number of likely N-dealkylation sites (tertiary alicyclic amines) is 2. The van der Waals surface area contributed by atoms with Gasteiger partial charge in [0.2, 0.25) is 23.6 Å². The first-order valence-corrected chi connectivity index (χ1v) is 16.2. The van der Waals surface area contributed by atoms with Crippen LogP contribution in [0.15, 0.2) is 78.4 Å². The molecule has 2 aliphatic carbocycles. The lowest BCUT2D eigenvalue weighted by Crippen LogP contribution is -2.37. The Hall–Kier alpha value is -3.58. The van der Waals surface area contributed by atoms with Crippen molar-refractivity contribution in [2.24, 2.45) is 64.9 Å². The fourth-order valence-corrected chi connectivity index (χ4v) is 8.36. The van der Waals surface area contributed by atoms with Gasteiger partial charge >= 0.3 is 0 Å². The summed E-state index contributed by atoms with van der Waals surface area (Å²) >= 11 is 0. The van der Waals surface area contributed by atoms with Crippen molar-refractivity contribution >= 4 is 23.6 Å². The smallest absolute Gasteiger partial charge is 0.234 e. The summed E-state index contributed by atoms with van der Waals surface area (Å²) in [5.41, 5.74) is 9.21. The highest BCUT2D eigenvalue weighted by molar-refractivity contribution is 6.07. The van der Waals surface area contributed by atoms with E-state index in [9.17, 15) is 19.2 Å². The second kappa shape index (κ2) is 12.8. The van der Waals surface area contributed by atoms with E-state index in [4.69, 9.17) is 5.73 Å². The third kappa shape index (κ3) is 5.44. The van der Waals surface area contributed by atoms with Crippen LogP contribution in [0.25, 0.3) is 0 Å². The number of hydrogen-bond acceptors (Lipinski definition) is 5. The molecule has 0 spiro atoms. The molecule has 5 rings (SSSR count). The van der Waals surface area contributed by atoms with Gasteiger partial charge in [-0.2, -0.15) is 0 Å². The standard InChI is InChI=1S/C37H47N3O4/c1-7-24-28(19-21(2)3)26(31-30(24)34(41)39(6)35(31)42)15-16-27-29(20-22(4)5)25(14-13-23-11-9-8-10-12-23)32-33(27)37(44)40(18-17-38)36(32)43/h7-12,15-16,19-22,24-27,30-33H,1,13-14,17-18,38H2,2-6H3/b16-15-,28-19?,29-20?/t24-,25+,26+,27-,30+,31-,32-,33+/m0/s1. The zero-order valence-electron chi connectivity index (χ0n) is 26.7. The minimum absolute atomic E-state index is 0.0831. The Labute approximate surface area is 261 Å². The molecule has 7 nitrogen and oxygen atoms in total. The van der Waals surface area contributed by atoms with Crippen molar-refractivity contribution < 1.29 is 19.2 Å². The minimum Gasteiger partial charge on any atom is -0.329 e. The Balaban J connectivity index is 1.58. The quantitative estimate of drug-likeness (QED) is 0.308. The first-order chi connectivity index (χ1) is 21.0. The Bertz CT molecular complexity index is 1410. The van der Waals surface area contributed by atoms with E-state index in [2.05, 4.69) is 70.7 Å². The molecule has 1 aromatic rings. The van der Waals surface area contributed by atoms with Gasteiger partial charge in [0.1, 0.15) is 0 Å². The third-order valence-corrected chi connectivity index (χ3v) is 10.1. The zero-order chi connectivity index (χ0) is 31.9. The molecule has 0 aromatic heterocycles. The van der Waals surface area contributed by atoms with Crippen molar-refractivity contribution in [3.05, 3.63) is 84.0 Å². The Morgan fingerprint density at radius 1 is 0.773 bits per heavy atom. The number of fused-ring (bicyclic) bond motifs is 2. The SMILES string of the molecule is C=C[C@H]1C(=CC(C)C)[C@@H](/C=C\[C@H]2C(=CC(C)C)[C@@H](CCc3ccccc3)[C@@H]3C(=O)N(CCN)C(=O)[C@@H]32)[C@@H]2C(=O)N(C)C(=O)[C@@H]21. The molecule has 2 heterocycles. The molecule has 7 heteroatoms. The van der Waals surface area contributed by atoms with E-state index in [1.807, 2.05) is 24.3 Å². The molecule has 8 atom stereocenters. The average molecular weight is 598 g/mol. The maximum Gasteiger partial charge on any atom is 0.234 e. The van der Waals surface area contributed by atoms with Crippen LogP contribution in [0.3, 0.4) is 0 Å². The monoisotopic (exact) mass is 597 g/mol. The molecule has 4 fully saturated rings. The molecular formula is C37H47N3O4. The summed E-state index contributed by atoms with van der Waals surface area (Å²) in [5.74, 6) is -2.98. The summed E-state index contributed by atoms with van der Waals surface area (Å²) in [6.07, 6.45) is 11.9. The topological polar surface area (TPSA) is 101 Å². The molecule has 0 radical (unpaired) electrons. The van der Waals surface area contributed by atoms with Crippen molar-refractivity contribution in [2.45, 2.75) is 40.5 Å². The largest absolute Gasteiger partial charge is 0.329 e. The normalized spacial score (nSPS) is 33.7. The molecule has 4 amide bonds. The summed E-state index contributed by atoms with van der Waals surface area (Å²) in [6, 6.07) is 10.2. The van der Waals surface area contributed by atoms with E-state index in [-0.39, 0.29) is 72.2 Å². The summed E-state index contributed by atoms with van der Waals surface area (Å²) in [4.78, 5) is 57.1. The van der Waals surface area contributed by atoms with Crippen LogP contribution < -0.4 is 5.73 Å². The predicted molar refractivity (Wildman–Crippen MR) is 171 cm³/mol. The van der Waals surface area contributed by atoms with Gasteiger partial charge in [0.25, 0.3) is 0 Å². The van der Waals surface area contributed by atoms with E-state index in [0.29, 0.717) is 0 Å². The zero-order valence-corrected chi connectivity index (χ0v) is 26.7. The van der Waals surface area contributed by atoms with E-state index >= 15 is 0 Å². The van der Waals surface area contributed by atoms with E-state index in [0.717, 1.165) is 24.0 Å². The number of carbonyl (C=O) groups excluding carboxylic acids is 4. The average Bonchev–Trinajstić information content (AvgIpc) is 3.61. The summed E-state index contributed by atoms with van der Waals surface area (Å²) in [7, 11) is 1.56. The maximum atomic E-state index is 13.9. The van der Waals surface area contributed by atoms with Crippen molar-refractivity contribution in [3.63, 3.8) is 0 Å². The number of imide groups is 2. The third-order valence-electron chi connectivity index (χ3n) is 10.1. The van der Waals surface area contributed by atoms with Gasteiger partial charge in [-0.15, -0.1) is 6.58 Å². The Kier molecular flexibility index (Phi) is 9.26. The first kappa shape index (κ1) is 31.8. The number of nitrogens with two attached hydrogens (primary N) is 1. The lowest BCUT2D eigenvalue weighted by molar-refractivity contribution is -0.141. The van der Waals surface area contributed by atoms with Crippen molar-refractivity contribution in [2.75, 3.05) is 20.1 Å². The predicted octanol–water partition coefficient (Wildman–Crippen LogP) is 4.81. The van der Waals surface area contributed by atoms with E-state index in [1.54, 1.807) is 7.05 Å². The number of rotatable bonds is 10. The molecule has 44 heavy (non-hydrogen) atoms. The Morgan fingerprint density at radius 3 is 1.86 bits per heavy atom. The van der Waals surface area contributed by atoms with Gasteiger partial charge < -0.3 is 5.73 Å². The van der Waals surface area contributed by atoms with Crippen LogP contribution in [0.1, 0.15) is 39.7 Å². The first-order valence-electron chi connectivity index (χ1n) is 16.2. The number of benzene rings is 1. The summed E-state index contributed by atoms with van der Waals surface area (Å²) in [5, 5.41) is 0. The summed E-state index contributed by atoms with van der Waals surface area (Å²) < 4.78 is 0. The van der Waals surface area contributed by atoms with Crippen molar-refractivity contribution in [3.8, 4) is 0 Å². The second-order valence-corrected chi connectivity index (χ2v) is 13.6. The van der Waals surface area contributed by atoms with Gasteiger partial charge in [0.05, 0.1) is 23.7 Å². The molecule has 0 bridgehead atoms. The molecule has 0 unspecified atom stereocenters. The molecule has 234 valence electrons. The molecule has 2 aliphatic heterocycles. The highest BCUT2D eigenvalue weighted by atomic mass is 16.2. The molecular weight excluding hydrogens is 550 g/mol. The number of nitrogens with zero attached hydrogens (tertiary/aromatic N) is 2. The van der Waals surface area contributed by atoms with E-state index in [1.165, 1.54) is 15.4 Å². The highest BCUT2D eigenvalue weighted by Crippen LogP contribution is 2.55. The van der Waals surface area contributed by atoms with Crippen LogP contribution in [-0.2, 0) is 25.6 Å². The van der Waals surface area contributed by atoms with Crippen LogP contribution in [-0.4, -0.2) is 53.6 Å². The van der Waals surface area contributed by atoms with Gasteiger partial charge in [0.15, 0.2) is 0 Å². The fourth-order valence-electron chi connectivity index (χ4n) is 8.36. The second-order valence-electron chi connectivity index (χ2n) is 13.6. The number of amides is 4. The molecule has 1 aromatic carbocycles. The van der Waals surface area contributed by atoms with Gasteiger partial charge in [-0.25, -0.2) is 0 Å². The maximum absolute atomic E-state index is 13.9. The van der Waals surface area contributed by atoms with Crippen molar-refractivity contribution in [1.29, 1.82) is 0 Å². The van der Waals surface area contributed by atoms with Crippen LogP contribution in [0.4, 0.5) is 0 Å². The van der Waals surface area contributed by atoms with E-state index < -0.39 is 23.7 Å². The number of aryl methyl sites for hydroxylation is 1. The van der Waals surface area contributed by atoms with Gasteiger partial charge in [-0.3, -0.25) is 29.0 Å². The lowest BCUT2D eigenvalue weighted by atomic mass is 9.84. The Morgan fingerprint density at radius 2 is 1.30 bits per heavy atom. The van der Waals surface area contributed by atoms with Crippen LogP contribution in [0, 0.1) is 59.2 Å². The van der Waals surface area contributed by atoms with Crippen LogP contribution in [0.5, 0.6) is 0 Å². The van der Waals surface area contributed by atoms with Crippen LogP contribution >= 0.6 is 0 Å². The number of hydrogen-bond donors (Lipinski definition) is 1. The molecule has 2 saturated heterocycles. The van der Waals surface area contributed by atoms with Crippen molar-refractivity contribution in [1.82, 2.24) is 9.80 Å². The minimum atomic E-state index is -0.510. The molecule has 2 N–H and O–H groups in total. The molecule has 4 aliphatic rings. The van der Waals surface area contributed by atoms with Gasteiger partial charge in [0, 0.05) is 37.9 Å². The summed E-state index contributed by atoms with van der Waals surface area (Å²) in [6.45, 7) is 12.9. The number of allylic oxidation sites excluding steroid dienone is 7. The van der Waals surface area contributed by atoms with Crippen LogP contribution in [0.2, 0.25) is 0 Å². The lowest BCUT2D eigenvalue weighted by Gasteiger charge is -2.24. The van der Waals surface area contributed by atoms with Gasteiger partial charge in [-0.05, 0) is 36.2 Å². The number of carbonyl (C=O) groups is 4.